The zero-order chi connectivity index (χ0) is 15.0. The number of fused-ring (bicyclic) bond motifs is 1. The fraction of sp³-hybridized carbons (Fsp3) is 0.133. The van der Waals surface area contributed by atoms with E-state index >= 15 is 0 Å². The van der Waals surface area contributed by atoms with Gasteiger partial charge in [-0.05, 0) is 35.9 Å². The first-order chi connectivity index (χ1) is 9.97. The van der Waals surface area contributed by atoms with Gasteiger partial charge in [-0.15, -0.1) is 0 Å². The summed E-state index contributed by atoms with van der Waals surface area (Å²) in [7, 11) is 0. The van der Waals surface area contributed by atoms with Crippen LogP contribution >= 0.6 is 0 Å². The molecule has 0 saturated carbocycles. The van der Waals surface area contributed by atoms with Gasteiger partial charge >= 0.3 is 6.18 Å². The van der Waals surface area contributed by atoms with Crippen LogP contribution in [-0.4, -0.2) is 4.98 Å². The van der Waals surface area contributed by atoms with Gasteiger partial charge < -0.3 is 10.2 Å². The van der Waals surface area contributed by atoms with Crippen molar-refractivity contribution in [2.75, 3.05) is 0 Å². The van der Waals surface area contributed by atoms with Gasteiger partial charge in [0.25, 0.3) is 0 Å². The molecular formula is C15H11F3N2O. The molecule has 0 bridgehead atoms. The Hall–Kier alpha value is -2.34. The molecule has 0 radical (unpaired) electrons. The summed E-state index contributed by atoms with van der Waals surface area (Å²) in [5, 5.41) is 0.595. The van der Waals surface area contributed by atoms with E-state index in [1.807, 2.05) is 0 Å². The minimum atomic E-state index is -4.39. The Labute approximate surface area is 118 Å². The maximum absolute atomic E-state index is 12.7. The highest BCUT2D eigenvalue weighted by Crippen LogP contribution is 2.34. The van der Waals surface area contributed by atoms with Crippen molar-refractivity contribution in [3.63, 3.8) is 0 Å². The molecule has 21 heavy (non-hydrogen) atoms. The van der Waals surface area contributed by atoms with E-state index in [9.17, 15) is 13.2 Å². The van der Waals surface area contributed by atoms with Gasteiger partial charge in [0, 0.05) is 18.1 Å². The first-order valence-electron chi connectivity index (χ1n) is 6.23. The first-order valence-corrected chi connectivity index (χ1v) is 6.23. The smallest absolute Gasteiger partial charge is 0.416 e. The summed E-state index contributed by atoms with van der Waals surface area (Å²) in [6.45, 7) is 0.355. The van der Waals surface area contributed by atoms with Gasteiger partial charge in [0.15, 0.2) is 5.76 Å². The molecule has 3 rings (SSSR count). The molecule has 2 heterocycles. The predicted octanol–water partition coefficient (Wildman–Crippen LogP) is 3.97. The topological polar surface area (TPSA) is 52.0 Å². The maximum Gasteiger partial charge on any atom is 0.416 e. The van der Waals surface area contributed by atoms with Gasteiger partial charge in [-0.25, -0.2) is 0 Å². The Morgan fingerprint density at radius 1 is 1.10 bits per heavy atom. The first kappa shape index (κ1) is 13.6. The molecule has 0 atom stereocenters. The van der Waals surface area contributed by atoms with Crippen LogP contribution < -0.4 is 5.73 Å². The minimum Gasteiger partial charge on any atom is -0.454 e. The molecule has 0 unspecified atom stereocenters. The quantitative estimate of drug-likeness (QED) is 0.777. The molecule has 0 fully saturated rings. The molecule has 3 aromatic rings. The van der Waals surface area contributed by atoms with Crippen molar-refractivity contribution >= 4 is 11.0 Å². The van der Waals surface area contributed by atoms with Gasteiger partial charge in [-0.1, -0.05) is 6.07 Å². The molecule has 0 aliphatic rings. The zero-order valence-corrected chi connectivity index (χ0v) is 10.8. The van der Waals surface area contributed by atoms with Crippen molar-refractivity contribution in [3.8, 4) is 11.5 Å². The van der Waals surface area contributed by atoms with E-state index in [0.717, 1.165) is 17.7 Å². The van der Waals surface area contributed by atoms with Gasteiger partial charge in [0.05, 0.1) is 5.56 Å². The van der Waals surface area contributed by atoms with Crippen LogP contribution in [-0.2, 0) is 12.7 Å². The summed E-state index contributed by atoms with van der Waals surface area (Å²) in [6.07, 6.45) is -2.80. The highest BCUT2D eigenvalue weighted by molar-refractivity contribution is 5.82. The highest BCUT2D eigenvalue weighted by Gasteiger charge is 2.30. The van der Waals surface area contributed by atoms with Crippen molar-refractivity contribution in [1.82, 2.24) is 4.98 Å². The van der Waals surface area contributed by atoms with Crippen LogP contribution in [0.1, 0.15) is 11.1 Å². The van der Waals surface area contributed by atoms with E-state index in [2.05, 4.69) is 4.98 Å². The van der Waals surface area contributed by atoms with Gasteiger partial charge in [-0.2, -0.15) is 13.2 Å². The Morgan fingerprint density at radius 2 is 1.90 bits per heavy atom. The number of nitrogens with two attached hydrogens (primary N) is 1. The van der Waals surface area contributed by atoms with Gasteiger partial charge in [-0.3, -0.25) is 4.98 Å². The molecule has 1 aromatic carbocycles. The number of nitrogens with zero attached hydrogens (tertiary/aromatic N) is 1. The second-order valence-electron chi connectivity index (χ2n) is 4.61. The molecule has 3 nitrogen and oxygen atoms in total. The van der Waals surface area contributed by atoms with E-state index in [0.29, 0.717) is 23.4 Å². The third-order valence-corrected chi connectivity index (χ3v) is 3.16. The van der Waals surface area contributed by atoms with Crippen LogP contribution in [0.25, 0.3) is 22.4 Å². The van der Waals surface area contributed by atoms with E-state index in [4.69, 9.17) is 10.2 Å². The molecule has 0 aliphatic carbocycles. The summed E-state index contributed by atoms with van der Waals surface area (Å²) in [6, 6.07) is 8.60. The lowest BCUT2D eigenvalue weighted by molar-refractivity contribution is -0.137. The second-order valence-corrected chi connectivity index (χ2v) is 4.61. The van der Waals surface area contributed by atoms with Crippen molar-refractivity contribution in [2.24, 2.45) is 5.73 Å². The van der Waals surface area contributed by atoms with Gasteiger partial charge in [0.1, 0.15) is 11.3 Å². The van der Waals surface area contributed by atoms with Crippen molar-refractivity contribution in [3.05, 3.63) is 53.7 Å². The van der Waals surface area contributed by atoms with Crippen molar-refractivity contribution < 1.29 is 17.6 Å². The Balaban J connectivity index is 2.08. The number of alkyl halides is 3. The van der Waals surface area contributed by atoms with E-state index in [-0.39, 0.29) is 5.58 Å². The van der Waals surface area contributed by atoms with Crippen molar-refractivity contribution in [2.45, 2.75) is 12.7 Å². The number of hydrogen-bond acceptors (Lipinski definition) is 3. The molecule has 108 valence electrons. The summed E-state index contributed by atoms with van der Waals surface area (Å²) in [5.41, 5.74) is 6.42. The third-order valence-electron chi connectivity index (χ3n) is 3.16. The summed E-state index contributed by atoms with van der Waals surface area (Å²) in [4.78, 5) is 4.15. The van der Waals surface area contributed by atoms with Crippen LogP contribution in [0.2, 0.25) is 0 Å². The lowest BCUT2D eigenvalue weighted by atomic mass is 10.1. The SMILES string of the molecule is NCc1ccnc(-c2cc3ccc(C(F)(F)F)cc3o2)c1. The molecular weight excluding hydrogens is 281 g/mol. The molecule has 6 heteroatoms. The molecule has 2 aromatic heterocycles. The Morgan fingerprint density at radius 3 is 2.62 bits per heavy atom. The van der Waals surface area contributed by atoms with E-state index in [1.54, 1.807) is 24.4 Å². The largest absolute Gasteiger partial charge is 0.454 e. The van der Waals surface area contributed by atoms with Crippen LogP contribution in [0, 0.1) is 0 Å². The lowest BCUT2D eigenvalue weighted by Crippen LogP contribution is -2.03. The standard InChI is InChI=1S/C15H11F3N2O/c16-15(17,18)11-2-1-10-6-14(21-13(10)7-11)12-5-9(8-19)3-4-20-12/h1-7H,8,19H2. The molecule has 0 amide bonds. The van der Waals surface area contributed by atoms with Crippen LogP contribution in [0.4, 0.5) is 13.2 Å². The summed E-state index contributed by atoms with van der Waals surface area (Å²) < 4.78 is 43.5. The normalized spacial score (nSPS) is 12.0. The van der Waals surface area contributed by atoms with E-state index in [1.165, 1.54) is 6.07 Å². The monoisotopic (exact) mass is 292 g/mol. The zero-order valence-electron chi connectivity index (χ0n) is 10.8. The number of benzene rings is 1. The average molecular weight is 292 g/mol. The Bertz CT molecular complexity index is 793. The second kappa shape index (κ2) is 4.89. The summed E-state index contributed by atoms with van der Waals surface area (Å²) >= 11 is 0. The molecule has 0 spiro atoms. The van der Waals surface area contributed by atoms with Crippen LogP contribution in [0.15, 0.2) is 47.0 Å². The summed E-state index contributed by atoms with van der Waals surface area (Å²) in [5.74, 6) is 0.416. The van der Waals surface area contributed by atoms with E-state index < -0.39 is 11.7 Å². The fourth-order valence-corrected chi connectivity index (χ4v) is 2.07. The van der Waals surface area contributed by atoms with Crippen LogP contribution in [0.5, 0.6) is 0 Å². The number of furan rings is 1. The lowest BCUT2D eigenvalue weighted by Gasteiger charge is -2.04. The number of hydrogen-bond donors (Lipinski definition) is 1. The van der Waals surface area contributed by atoms with Crippen LogP contribution in [0.3, 0.4) is 0 Å². The molecule has 2 N–H and O–H groups in total. The number of rotatable bonds is 2. The number of pyridine rings is 1. The minimum absolute atomic E-state index is 0.180. The average Bonchev–Trinajstić information content (AvgIpc) is 2.89. The van der Waals surface area contributed by atoms with Crippen molar-refractivity contribution in [1.29, 1.82) is 0 Å². The predicted molar refractivity (Wildman–Crippen MR) is 72.3 cm³/mol. The Kier molecular flexibility index (Phi) is 3.17. The fourth-order valence-electron chi connectivity index (χ4n) is 2.07. The highest BCUT2D eigenvalue weighted by atomic mass is 19.4. The van der Waals surface area contributed by atoms with Gasteiger partial charge in [0.2, 0.25) is 0 Å². The molecule has 0 saturated heterocycles. The third kappa shape index (κ3) is 2.62. The number of halogens is 3. The molecule has 0 aliphatic heterocycles. The maximum atomic E-state index is 12.7. The number of aromatic nitrogens is 1.